The minimum absolute atomic E-state index is 0.130. The van der Waals surface area contributed by atoms with E-state index < -0.39 is 0 Å². The Labute approximate surface area is 113 Å². The van der Waals surface area contributed by atoms with E-state index in [0.717, 1.165) is 35.7 Å². The van der Waals surface area contributed by atoms with E-state index in [1.165, 1.54) is 0 Å². The van der Waals surface area contributed by atoms with E-state index in [-0.39, 0.29) is 6.61 Å². The predicted molar refractivity (Wildman–Crippen MR) is 76.0 cm³/mol. The first-order chi connectivity index (χ1) is 9.24. The third-order valence-corrected chi connectivity index (χ3v) is 2.86. The molecular weight excluding hydrogens is 240 g/mol. The van der Waals surface area contributed by atoms with Crippen LogP contribution in [0.4, 0.5) is 5.69 Å². The second-order valence-electron chi connectivity index (χ2n) is 4.45. The number of nitrogens with one attached hydrogen (secondary N) is 1. The van der Waals surface area contributed by atoms with Gasteiger partial charge in [0.2, 0.25) is 0 Å². The maximum atomic E-state index is 8.77. The normalized spacial score (nSPS) is 10.7. The van der Waals surface area contributed by atoms with E-state index in [1.54, 1.807) is 0 Å². The summed E-state index contributed by atoms with van der Waals surface area (Å²) in [5.41, 5.74) is 2.04. The lowest BCUT2D eigenvalue weighted by molar-refractivity contribution is 0.311. The molecule has 0 aliphatic carbocycles. The molecule has 0 saturated carbocycles. The maximum absolute atomic E-state index is 8.77. The summed E-state index contributed by atoms with van der Waals surface area (Å²) in [6.07, 6.45) is 1.96. The number of rotatable bonds is 6. The molecule has 0 atom stereocenters. The summed E-state index contributed by atoms with van der Waals surface area (Å²) in [7, 11) is 1.92. The number of aromatic nitrogens is 3. The molecule has 0 unspecified atom stereocenters. The maximum Gasteiger partial charge on any atom is 0.158 e. The molecular formula is C14H20N4O. The molecule has 0 aliphatic heterocycles. The van der Waals surface area contributed by atoms with Crippen LogP contribution in [0.5, 0.6) is 0 Å². The average Bonchev–Trinajstić information content (AvgIpc) is 2.78. The summed E-state index contributed by atoms with van der Waals surface area (Å²) in [6, 6.07) is 8.00. The second kappa shape index (κ2) is 6.33. The molecule has 0 saturated heterocycles. The number of anilines is 1. The van der Waals surface area contributed by atoms with Gasteiger partial charge in [-0.2, -0.15) is 5.10 Å². The summed E-state index contributed by atoms with van der Waals surface area (Å²) in [6.45, 7) is 2.81. The minimum Gasteiger partial charge on any atom is -0.395 e. The van der Waals surface area contributed by atoms with Crippen molar-refractivity contribution in [1.82, 2.24) is 14.8 Å². The molecule has 1 aromatic heterocycles. The van der Waals surface area contributed by atoms with E-state index in [2.05, 4.69) is 22.3 Å². The van der Waals surface area contributed by atoms with Crippen LogP contribution in [-0.4, -0.2) is 33.0 Å². The molecule has 0 fully saturated rings. The summed E-state index contributed by atoms with van der Waals surface area (Å²) in [5.74, 6) is 1.78. The average molecular weight is 260 g/mol. The van der Waals surface area contributed by atoms with Crippen LogP contribution in [0.1, 0.15) is 19.2 Å². The van der Waals surface area contributed by atoms with Crippen LogP contribution in [0.25, 0.3) is 11.4 Å². The van der Waals surface area contributed by atoms with Crippen molar-refractivity contribution in [3.05, 3.63) is 30.1 Å². The van der Waals surface area contributed by atoms with Crippen LogP contribution in [0.3, 0.4) is 0 Å². The lowest BCUT2D eigenvalue weighted by Gasteiger charge is -2.05. The first-order valence-corrected chi connectivity index (χ1v) is 6.59. The molecule has 2 rings (SSSR count). The molecule has 19 heavy (non-hydrogen) atoms. The monoisotopic (exact) mass is 260 g/mol. The van der Waals surface area contributed by atoms with Crippen molar-refractivity contribution in [2.75, 3.05) is 18.5 Å². The third-order valence-electron chi connectivity index (χ3n) is 2.86. The van der Waals surface area contributed by atoms with Gasteiger partial charge in [0.15, 0.2) is 11.6 Å². The molecule has 0 aliphatic rings. The van der Waals surface area contributed by atoms with E-state index >= 15 is 0 Å². The van der Waals surface area contributed by atoms with Gasteiger partial charge in [-0.3, -0.25) is 0 Å². The Balaban J connectivity index is 2.17. The van der Waals surface area contributed by atoms with Gasteiger partial charge in [-0.1, -0.05) is 6.92 Å². The lowest BCUT2D eigenvalue weighted by atomic mass is 10.2. The molecule has 0 radical (unpaired) electrons. The largest absolute Gasteiger partial charge is 0.395 e. The fourth-order valence-corrected chi connectivity index (χ4v) is 1.96. The number of aliphatic hydroxyl groups excluding tert-OH is 1. The number of benzene rings is 1. The van der Waals surface area contributed by atoms with Crippen molar-refractivity contribution in [2.24, 2.45) is 7.05 Å². The highest BCUT2D eigenvalue weighted by molar-refractivity contribution is 5.59. The van der Waals surface area contributed by atoms with Crippen LogP contribution >= 0.6 is 0 Å². The molecule has 2 aromatic rings. The Morgan fingerprint density at radius 2 is 2.00 bits per heavy atom. The van der Waals surface area contributed by atoms with Gasteiger partial charge in [0, 0.05) is 31.3 Å². The van der Waals surface area contributed by atoms with E-state index in [0.29, 0.717) is 6.54 Å². The fraction of sp³-hybridized carbons (Fsp3) is 0.429. The quantitative estimate of drug-likeness (QED) is 0.832. The Morgan fingerprint density at radius 1 is 1.26 bits per heavy atom. The molecule has 0 amide bonds. The van der Waals surface area contributed by atoms with Crippen LogP contribution in [0.15, 0.2) is 24.3 Å². The molecule has 0 spiro atoms. The van der Waals surface area contributed by atoms with Gasteiger partial charge in [-0.25, -0.2) is 9.67 Å². The number of aliphatic hydroxyl groups is 1. The summed E-state index contributed by atoms with van der Waals surface area (Å²) in [4.78, 5) is 4.55. The lowest BCUT2D eigenvalue weighted by Crippen LogP contribution is -2.05. The van der Waals surface area contributed by atoms with Crippen molar-refractivity contribution in [1.29, 1.82) is 0 Å². The number of nitrogens with zero attached hydrogens (tertiary/aromatic N) is 3. The highest BCUT2D eigenvalue weighted by Gasteiger charge is 2.08. The van der Waals surface area contributed by atoms with Gasteiger partial charge in [-0.05, 0) is 30.7 Å². The van der Waals surface area contributed by atoms with E-state index in [9.17, 15) is 0 Å². The molecule has 1 heterocycles. The smallest absolute Gasteiger partial charge is 0.158 e. The highest BCUT2D eigenvalue weighted by atomic mass is 16.3. The summed E-state index contributed by atoms with van der Waals surface area (Å²) in [5, 5.41) is 16.3. The van der Waals surface area contributed by atoms with Crippen molar-refractivity contribution in [3.8, 4) is 11.4 Å². The molecule has 5 nitrogen and oxygen atoms in total. The summed E-state index contributed by atoms with van der Waals surface area (Å²) < 4.78 is 1.82. The Kier molecular flexibility index (Phi) is 4.52. The summed E-state index contributed by atoms with van der Waals surface area (Å²) >= 11 is 0. The number of hydrogen-bond donors (Lipinski definition) is 2. The molecule has 5 heteroatoms. The first kappa shape index (κ1) is 13.5. The minimum atomic E-state index is 0.130. The Hall–Kier alpha value is -1.88. The zero-order valence-corrected chi connectivity index (χ0v) is 11.4. The fourth-order valence-electron chi connectivity index (χ4n) is 1.96. The number of aryl methyl sites for hydroxylation is 2. The van der Waals surface area contributed by atoms with E-state index in [1.807, 2.05) is 36.0 Å². The standard InChI is InChI=1S/C14H20N4O/c1-3-4-13-16-14(18(2)17-13)11-5-7-12(8-6-11)15-9-10-19/h5-8,15,19H,3-4,9-10H2,1-2H3. The second-order valence-corrected chi connectivity index (χ2v) is 4.45. The zero-order valence-electron chi connectivity index (χ0n) is 11.4. The van der Waals surface area contributed by atoms with Crippen molar-refractivity contribution >= 4 is 5.69 Å². The van der Waals surface area contributed by atoms with Crippen molar-refractivity contribution in [3.63, 3.8) is 0 Å². The SMILES string of the molecule is CCCc1nc(-c2ccc(NCCO)cc2)n(C)n1. The number of hydrogen-bond acceptors (Lipinski definition) is 4. The molecule has 1 aromatic carbocycles. The molecule has 102 valence electrons. The van der Waals surface area contributed by atoms with Gasteiger partial charge in [0.1, 0.15) is 0 Å². The molecule has 2 N–H and O–H groups in total. The van der Waals surface area contributed by atoms with Crippen molar-refractivity contribution in [2.45, 2.75) is 19.8 Å². The van der Waals surface area contributed by atoms with Crippen molar-refractivity contribution < 1.29 is 5.11 Å². The third kappa shape index (κ3) is 3.32. The predicted octanol–water partition coefficient (Wildman–Crippen LogP) is 1.84. The van der Waals surface area contributed by atoms with Crippen LogP contribution < -0.4 is 5.32 Å². The van der Waals surface area contributed by atoms with Crippen LogP contribution in [0.2, 0.25) is 0 Å². The van der Waals surface area contributed by atoms with Gasteiger partial charge >= 0.3 is 0 Å². The molecule has 0 bridgehead atoms. The zero-order chi connectivity index (χ0) is 13.7. The van der Waals surface area contributed by atoms with E-state index in [4.69, 9.17) is 5.11 Å². The van der Waals surface area contributed by atoms with Gasteiger partial charge < -0.3 is 10.4 Å². The topological polar surface area (TPSA) is 63.0 Å². The Bertz CT molecular complexity index is 519. The Morgan fingerprint density at radius 3 is 2.63 bits per heavy atom. The van der Waals surface area contributed by atoms with Gasteiger partial charge in [-0.15, -0.1) is 0 Å². The van der Waals surface area contributed by atoms with Crippen LogP contribution in [0, 0.1) is 0 Å². The van der Waals surface area contributed by atoms with Gasteiger partial charge in [0.25, 0.3) is 0 Å². The first-order valence-electron chi connectivity index (χ1n) is 6.59. The van der Waals surface area contributed by atoms with Gasteiger partial charge in [0.05, 0.1) is 6.61 Å². The van der Waals surface area contributed by atoms with Crippen LogP contribution in [-0.2, 0) is 13.5 Å². The highest BCUT2D eigenvalue weighted by Crippen LogP contribution is 2.19.